The van der Waals surface area contributed by atoms with Crippen molar-refractivity contribution < 1.29 is 18.0 Å². The van der Waals surface area contributed by atoms with Crippen LogP contribution >= 0.6 is 0 Å². The molecule has 0 N–H and O–H groups in total. The molecule has 2 fully saturated rings. The number of amides is 1. The highest BCUT2D eigenvalue weighted by Gasteiger charge is 2.32. The number of nitrogens with zero attached hydrogens (tertiary/aromatic N) is 3. The summed E-state index contributed by atoms with van der Waals surface area (Å²) in [4.78, 5) is 18.2. The Morgan fingerprint density at radius 3 is 2.56 bits per heavy atom. The van der Waals surface area contributed by atoms with Gasteiger partial charge in [-0.05, 0) is 43.9 Å². The Balaban J connectivity index is 1.59. The molecule has 0 bridgehead atoms. The highest BCUT2D eigenvalue weighted by molar-refractivity contribution is 5.93. The van der Waals surface area contributed by atoms with Gasteiger partial charge in [-0.3, -0.25) is 9.69 Å². The molecule has 0 aliphatic carbocycles. The number of anilines is 1. The molecule has 146 valence electrons. The third-order valence-corrected chi connectivity index (χ3v) is 5.28. The second-order valence-electron chi connectivity index (χ2n) is 6.99. The summed E-state index contributed by atoms with van der Waals surface area (Å²) in [7, 11) is 0. The average Bonchev–Trinajstić information content (AvgIpc) is 2.68. The number of carbonyl (C=O) groups excluding carboxylic acids is 1. The molecule has 0 saturated carbocycles. The lowest BCUT2D eigenvalue weighted by molar-refractivity contribution is -0.137. The first-order chi connectivity index (χ1) is 12.9. The minimum Gasteiger partial charge on any atom is -0.369 e. The van der Waals surface area contributed by atoms with Crippen LogP contribution in [0, 0.1) is 11.8 Å². The molecule has 7 heteroatoms. The zero-order valence-electron chi connectivity index (χ0n) is 15.4. The number of hydrogen-bond donors (Lipinski definition) is 0. The molecule has 2 heterocycles. The fourth-order valence-corrected chi connectivity index (χ4v) is 3.85. The third-order valence-electron chi connectivity index (χ3n) is 5.28. The number of piperazine rings is 1. The largest absolute Gasteiger partial charge is 0.416 e. The Hall–Kier alpha value is -2.20. The van der Waals surface area contributed by atoms with Crippen LogP contribution < -0.4 is 4.90 Å². The summed E-state index contributed by atoms with van der Waals surface area (Å²) in [6.45, 7) is 6.00. The monoisotopic (exact) mass is 379 g/mol. The Labute approximate surface area is 157 Å². The highest BCUT2D eigenvalue weighted by Crippen LogP contribution is 2.32. The number of benzene rings is 1. The first-order valence-electron chi connectivity index (χ1n) is 9.26. The zero-order chi connectivity index (χ0) is 19.4. The topological polar surface area (TPSA) is 26.8 Å². The Bertz CT molecular complexity index is 730. The smallest absolute Gasteiger partial charge is 0.369 e. The zero-order valence-corrected chi connectivity index (χ0v) is 15.4. The molecule has 0 radical (unpaired) electrons. The predicted molar refractivity (Wildman–Crippen MR) is 98.3 cm³/mol. The summed E-state index contributed by atoms with van der Waals surface area (Å²) in [5, 5.41) is 0. The van der Waals surface area contributed by atoms with Crippen molar-refractivity contribution in [1.29, 1.82) is 0 Å². The van der Waals surface area contributed by atoms with Gasteiger partial charge in [0, 0.05) is 51.0 Å². The van der Waals surface area contributed by atoms with Gasteiger partial charge in [0.25, 0.3) is 5.91 Å². The molecular weight excluding hydrogens is 355 g/mol. The van der Waals surface area contributed by atoms with Crippen LogP contribution in [0.1, 0.15) is 25.3 Å². The molecule has 0 aromatic heterocycles. The maximum atomic E-state index is 12.9. The first-order valence-corrected chi connectivity index (χ1v) is 9.26. The van der Waals surface area contributed by atoms with Crippen molar-refractivity contribution >= 4 is 11.6 Å². The van der Waals surface area contributed by atoms with Crippen LogP contribution in [0.5, 0.6) is 0 Å². The van der Waals surface area contributed by atoms with E-state index in [0.29, 0.717) is 31.4 Å². The standard InChI is InChI=1S/C20H24F3N3O/c1-2-5-19(27)26-9-4-8-18(15-26)25-12-10-24(11-13-25)17-7-3-6-16(14-17)20(21,22)23/h3,6-7,14,18H,4,8-13,15H2,1H3/t18-/m1/s1. The number of likely N-dealkylation sites (tertiary alicyclic amines) is 1. The van der Waals surface area contributed by atoms with Crippen molar-refractivity contribution in [1.82, 2.24) is 9.80 Å². The third kappa shape index (κ3) is 4.75. The minimum atomic E-state index is -4.32. The van der Waals surface area contributed by atoms with Crippen LogP contribution in [0.25, 0.3) is 0 Å². The summed E-state index contributed by atoms with van der Waals surface area (Å²) in [5.74, 6) is 5.14. The van der Waals surface area contributed by atoms with Gasteiger partial charge in [0.2, 0.25) is 0 Å². The van der Waals surface area contributed by atoms with Crippen molar-refractivity contribution in [2.75, 3.05) is 44.2 Å². The van der Waals surface area contributed by atoms with Gasteiger partial charge >= 0.3 is 6.18 Å². The van der Waals surface area contributed by atoms with E-state index in [1.807, 2.05) is 9.80 Å². The molecule has 3 rings (SSSR count). The SMILES string of the molecule is CC#CC(=O)N1CCC[C@@H](N2CCN(c3cccc(C(F)(F)F)c3)CC2)C1. The van der Waals surface area contributed by atoms with Gasteiger partial charge in [0.1, 0.15) is 0 Å². The van der Waals surface area contributed by atoms with Crippen molar-refractivity contribution in [3.8, 4) is 11.8 Å². The van der Waals surface area contributed by atoms with E-state index in [1.165, 1.54) is 12.1 Å². The van der Waals surface area contributed by atoms with Crippen LogP contribution in [0.15, 0.2) is 24.3 Å². The van der Waals surface area contributed by atoms with Gasteiger partial charge in [-0.15, -0.1) is 0 Å². The molecule has 1 aromatic rings. The summed E-state index contributed by atoms with van der Waals surface area (Å²) < 4.78 is 38.8. The molecule has 4 nitrogen and oxygen atoms in total. The minimum absolute atomic E-state index is 0.121. The van der Waals surface area contributed by atoms with Crippen LogP contribution in [0.3, 0.4) is 0 Å². The fraction of sp³-hybridized carbons (Fsp3) is 0.550. The Morgan fingerprint density at radius 2 is 1.89 bits per heavy atom. The van der Waals surface area contributed by atoms with Crippen LogP contribution in [0.2, 0.25) is 0 Å². The van der Waals surface area contributed by atoms with Gasteiger partial charge in [-0.1, -0.05) is 12.0 Å². The quantitative estimate of drug-likeness (QED) is 0.740. The van der Waals surface area contributed by atoms with E-state index >= 15 is 0 Å². The lowest BCUT2D eigenvalue weighted by Crippen LogP contribution is -2.55. The van der Waals surface area contributed by atoms with Crippen molar-refractivity contribution in [2.45, 2.75) is 32.0 Å². The maximum absolute atomic E-state index is 12.9. The molecule has 0 unspecified atom stereocenters. The van der Waals surface area contributed by atoms with E-state index < -0.39 is 11.7 Å². The van der Waals surface area contributed by atoms with E-state index in [1.54, 1.807) is 13.0 Å². The number of hydrogen-bond acceptors (Lipinski definition) is 3. The number of halogens is 3. The van der Waals surface area contributed by atoms with Crippen molar-refractivity contribution in [2.24, 2.45) is 0 Å². The maximum Gasteiger partial charge on any atom is 0.416 e. The van der Waals surface area contributed by atoms with Gasteiger partial charge < -0.3 is 9.80 Å². The number of piperidine rings is 1. The summed E-state index contributed by atoms with van der Waals surface area (Å²) in [5.41, 5.74) is 0.00374. The molecule has 2 aliphatic heterocycles. The van der Waals surface area contributed by atoms with Gasteiger partial charge in [0.15, 0.2) is 0 Å². The van der Waals surface area contributed by atoms with Gasteiger partial charge in [0.05, 0.1) is 5.56 Å². The lowest BCUT2D eigenvalue weighted by Gasteiger charge is -2.43. The highest BCUT2D eigenvalue weighted by atomic mass is 19.4. The summed E-state index contributed by atoms with van der Waals surface area (Å²) in [6.07, 6.45) is -2.33. The first kappa shape index (κ1) is 19.6. The van der Waals surface area contributed by atoms with E-state index in [2.05, 4.69) is 16.7 Å². The predicted octanol–water partition coefficient (Wildman–Crippen LogP) is 2.84. The van der Waals surface area contributed by atoms with Crippen molar-refractivity contribution in [3.63, 3.8) is 0 Å². The number of rotatable bonds is 2. The molecular formula is C20H24F3N3O. The van der Waals surface area contributed by atoms with Crippen LogP contribution in [0.4, 0.5) is 18.9 Å². The normalized spacial score (nSPS) is 21.6. The van der Waals surface area contributed by atoms with Gasteiger partial charge in [-0.2, -0.15) is 13.2 Å². The van der Waals surface area contributed by atoms with Crippen molar-refractivity contribution in [3.05, 3.63) is 29.8 Å². The summed E-state index contributed by atoms with van der Waals surface area (Å²) in [6, 6.07) is 5.82. The van der Waals surface area contributed by atoms with E-state index in [4.69, 9.17) is 0 Å². The number of carbonyl (C=O) groups is 1. The summed E-state index contributed by atoms with van der Waals surface area (Å²) >= 11 is 0. The molecule has 2 saturated heterocycles. The Morgan fingerprint density at radius 1 is 1.15 bits per heavy atom. The molecule has 0 spiro atoms. The van der Waals surface area contributed by atoms with E-state index in [-0.39, 0.29) is 5.91 Å². The lowest BCUT2D eigenvalue weighted by atomic mass is 10.0. The molecule has 2 aliphatic rings. The fourth-order valence-electron chi connectivity index (χ4n) is 3.85. The van der Waals surface area contributed by atoms with Gasteiger partial charge in [-0.25, -0.2) is 0 Å². The second-order valence-corrected chi connectivity index (χ2v) is 6.99. The second kappa shape index (κ2) is 8.22. The van der Waals surface area contributed by atoms with E-state index in [0.717, 1.165) is 38.5 Å². The van der Waals surface area contributed by atoms with Crippen LogP contribution in [-0.2, 0) is 11.0 Å². The molecule has 1 amide bonds. The van der Waals surface area contributed by atoms with E-state index in [9.17, 15) is 18.0 Å². The molecule has 1 aromatic carbocycles. The molecule has 1 atom stereocenters. The average molecular weight is 379 g/mol. The molecule has 27 heavy (non-hydrogen) atoms. The Kier molecular flexibility index (Phi) is 5.95. The number of alkyl halides is 3. The van der Waals surface area contributed by atoms with Crippen LogP contribution in [-0.4, -0.2) is 61.0 Å².